The Bertz CT molecular complexity index is 603. The van der Waals surface area contributed by atoms with Crippen molar-refractivity contribution in [2.75, 3.05) is 19.0 Å². The van der Waals surface area contributed by atoms with Gasteiger partial charge < -0.3 is 10.1 Å². The third kappa shape index (κ3) is 3.38. The number of Topliss-reactive ketones (excluding diaryl/α,β-unsaturated/α-hetero) is 1. The molecule has 0 saturated heterocycles. The maximum atomic E-state index is 12.1. The van der Waals surface area contributed by atoms with E-state index in [2.05, 4.69) is 31.3 Å². The Kier molecular flexibility index (Phi) is 4.41. The second kappa shape index (κ2) is 6.24. The lowest BCUT2D eigenvalue weighted by Gasteiger charge is -2.08. The Morgan fingerprint density at radius 1 is 1.05 bits per heavy atom. The third-order valence-corrected chi connectivity index (χ3v) is 3.37. The van der Waals surface area contributed by atoms with Gasteiger partial charge in [0.15, 0.2) is 5.78 Å². The second-order valence-corrected chi connectivity index (χ2v) is 4.80. The maximum Gasteiger partial charge on any atom is 0.181 e. The fraction of sp³-hybridized carbons (Fsp3) is 0.235. The van der Waals surface area contributed by atoms with E-state index in [1.807, 2.05) is 6.07 Å². The molecule has 0 heterocycles. The number of aryl methyl sites for hydroxylation is 2. The highest BCUT2D eigenvalue weighted by Gasteiger charge is 2.06. The average Bonchev–Trinajstić information content (AvgIpc) is 2.48. The number of nitrogens with one attached hydrogen (secondary N) is 1. The molecule has 3 nitrogen and oxygen atoms in total. The fourth-order valence-electron chi connectivity index (χ4n) is 1.91. The average molecular weight is 269 g/mol. The maximum absolute atomic E-state index is 12.1. The summed E-state index contributed by atoms with van der Waals surface area (Å²) in [6, 6.07) is 13.2. The largest absolute Gasteiger partial charge is 0.497 e. The first-order valence-corrected chi connectivity index (χ1v) is 6.58. The van der Waals surface area contributed by atoms with E-state index in [9.17, 15) is 4.79 Å². The van der Waals surface area contributed by atoms with Crippen LogP contribution in [0.4, 0.5) is 5.69 Å². The van der Waals surface area contributed by atoms with Crippen LogP contribution in [0.15, 0.2) is 42.5 Å². The number of anilines is 1. The molecule has 0 atom stereocenters. The first-order chi connectivity index (χ1) is 9.60. The van der Waals surface area contributed by atoms with Crippen LogP contribution in [0.1, 0.15) is 21.5 Å². The summed E-state index contributed by atoms with van der Waals surface area (Å²) in [7, 11) is 1.61. The third-order valence-electron chi connectivity index (χ3n) is 3.37. The van der Waals surface area contributed by atoms with Crippen molar-refractivity contribution in [2.24, 2.45) is 0 Å². The van der Waals surface area contributed by atoms with Crippen LogP contribution in [0.25, 0.3) is 0 Å². The van der Waals surface area contributed by atoms with E-state index < -0.39 is 0 Å². The standard InChI is InChI=1S/C17H19NO2/c1-12-4-7-15(10-13(12)2)18-11-17(19)14-5-8-16(20-3)9-6-14/h4-10,18H,11H2,1-3H3. The quantitative estimate of drug-likeness (QED) is 0.843. The molecule has 2 rings (SSSR count). The highest BCUT2D eigenvalue weighted by Crippen LogP contribution is 2.15. The highest BCUT2D eigenvalue weighted by molar-refractivity contribution is 5.99. The van der Waals surface area contributed by atoms with Crippen molar-refractivity contribution in [3.8, 4) is 5.75 Å². The minimum atomic E-state index is 0.0610. The monoisotopic (exact) mass is 269 g/mol. The minimum absolute atomic E-state index is 0.0610. The number of benzene rings is 2. The molecule has 0 fully saturated rings. The molecule has 0 radical (unpaired) electrons. The molecule has 0 amide bonds. The summed E-state index contributed by atoms with van der Waals surface area (Å²) in [6.45, 7) is 4.42. The number of carbonyl (C=O) groups is 1. The summed E-state index contributed by atoms with van der Waals surface area (Å²) in [5.74, 6) is 0.814. The van der Waals surface area contributed by atoms with Gasteiger partial charge in [-0.25, -0.2) is 0 Å². The van der Waals surface area contributed by atoms with Gasteiger partial charge in [-0.15, -0.1) is 0 Å². The molecule has 2 aromatic carbocycles. The van der Waals surface area contributed by atoms with Gasteiger partial charge in [0.05, 0.1) is 13.7 Å². The van der Waals surface area contributed by atoms with Gasteiger partial charge in [0.25, 0.3) is 0 Å². The van der Waals surface area contributed by atoms with E-state index in [0.29, 0.717) is 5.56 Å². The molecule has 0 aliphatic rings. The minimum Gasteiger partial charge on any atom is -0.497 e. The smallest absolute Gasteiger partial charge is 0.181 e. The summed E-state index contributed by atoms with van der Waals surface area (Å²) in [5.41, 5.74) is 4.11. The summed E-state index contributed by atoms with van der Waals surface area (Å²) >= 11 is 0. The highest BCUT2D eigenvalue weighted by atomic mass is 16.5. The van der Waals surface area contributed by atoms with Crippen LogP contribution in [0.5, 0.6) is 5.75 Å². The molecule has 0 aliphatic carbocycles. The Hall–Kier alpha value is -2.29. The number of ketones is 1. The molecule has 104 valence electrons. The number of carbonyl (C=O) groups excluding carboxylic acids is 1. The molecule has 3 heteroatoms. The van der Waals surface area contributed by atoms with E-state index >= 15 is 0 Å². The second-order valence-electron chi connectivity index (χ2n) is 4.80. The fourth-order valence-corrected chi connectivity index (χ4v) is 1.91. The van der Waals surface area contributed by atoms with Crippen LogP contribution in [-0.4, -0.2) is 19.4 Å². The molecule has 1 N–H and O–H groups in total. The van der Waals surface area contributed by atoms with Crippen molar-refractivity contribution < 1.29 is 9.53 Å². The van der Waals surface area contributed by atoms with Gasteiger partial charge in [-0.1, -0.05) is 6.07 Å². The summed E-state index contributed by atoms with van der Waals surface area (Å²) in [5, 5.41) is 3.16. The summed E-state index contributed by atoms with van der Waals surface area (Å²) in [6.07, 6.45) is 0. The predicted octanol–water partition coefficient (Wildman–Crippen LogP) is 3.61. The van der Waals surface area contributed by atoms with Crippen molar-refractivity contribution in [2.45, 2.75) is 13.8 Å². The van der Waals surface area contributed by atoms with E-state index in [0.717, 1.165) is 11.4 Å². The van der Waals surface area contributed by atoms with Crippen molar-refractivity contribution in [3.05, 3.63) is 59.2 Å². The topological polar surface area (TPSA) is 38.3 Å². The van der Waals surface area contributed by atoms with E-state index in [4.69, 9.17) is 4.74 Å². The lowest BCUT2D eigenvalue weighted by atomic mass is 10.1. The number of methoxy groups -OCH3 is 1. The Morgan fingerprint density at radius 2 is 1.75 bits per heavy atom. The lowest BCUT2D eigenvalue weighted by Crippen LogP contribution is -2.14. The van der Waals surface area contributed by atoms with E-state index in [1.54, 1.807) is 31.4 Å². The first-order valence-electron chi connectivity index (χ1n) is 6.58. The molecule has 0 saturated carbocycles. The number of hydrogen-bond donors (Lipinski definition) is 1. The molecule has 0 unspecified atom stereocenters. The van der Waals surface area contributed by atoms with Gasteiger partial charge in [0.2, 0.25) is 0 Å². The van der Waals surface area contributed by atoms with Crippen LogP contribution < -0.4 is 10.1 Å². The number of rotatable bonds is 5. The zero-order chi connectivity index (χ0) is 14.5. The predicted molar refractivity (Wildman–Crippen MR) is 81.7 cm³/mol. The van der Waals surface area contributed by atoms with Crippen molar-refractivity contribution in [1.82, 2.24) is 0 Å². The van der Waals surface area contributed by atoms with Gasteiger partial charge in [0, 0.05) is 11.3 Å². The SMILES string of the molecule is COc1ccc(C(=O)CNc2ccc(C)c(C)c2)cc1. The van der Waals surface area contributed by atoms with Crippen LogP contribution in [0.3, 0.4) is 0 Å². The Labute approximate surface area is 119 Å². The first kappa shape index (κ1) is 14.1. The lowest BCUT2D eigenvalue weighted by molar-refractivity contribution is 0.101. The van der Waals surface area contributed by atoms with Crippen molar-refractivity contribution in [1.29, 1.82) is 0 Å². The molecule has 0 aromatic heterocycles. The van der Waals surface area contributed by atoms with Gasteiger partial charge in [-0.05, 0) is 61.4 Å². The van der Waals surface area contributed by atoms with Crippen LogP contribution in [0.2, 0.25) is 0 Å². The molecule has 0 bridgehead atoms. The number of hydrogen-bond acceptors (Lipinski definition) is 3. The Morgan fingerprint density at radius 3 is 2.35 bits per heavy atom. The van der Waals surface area contributed by atoms with Gasteiger partial charge in [-0.2, -0.15) is 0 Å². The van der Waals surface area contributed by atoms with Gasteiger partial charge in [0.1, 0.15) is 5.75 Å². The van der Waals surface area contributed by atoms with Crippen LogP contribution in [-0.2, 0) is 0 Å². The Balaban J connectivity index is 1.98. The zero-order valence-electron chi connectivity index (χ0n) is 12.1. The molecular formula is C17H19NO2. The molecule has 2 aromatic rings. The molecular weight excluding hydrogens is 250 g/mol. The van der Waals surface area contributed by atoms with Crippen LogP contribution >= 0.6 is 0 Å². The van der Waals surface area contributed by atoms with Gasteiger partial charge in [-0.3, -0.25) is 4.79 Å². The molecule has 0 spiro atoms. The van der Waals surface area contributed by atoms with Crippen LogP contribution in [0, 0.1) is 13.8 Å². The van der Waals surface area contributed by atoms with Crippen molar-refractivity contribution in [3.63, 3.8) is 0 Å². The van der Waals surface area contributed by atoms with E-state index in [1.165, 1.54) is 11.1 Å². The van der Waals surface area contributed by atoms with Crippen molar-refractivity contribution >= 4 is 11.5 Å². The summed E-state index contributed by atoms with van der Waals surface area (Å²) in [4.78, 5) is 12.1. The van der Waals surface area contributed by atoms with E-state index in [-0.39, 0.29) is 12.3 Å². The zero-order valence-corrected chi connectivity index (χ0v) is 12.1. The number of ether oxygens (including phenoxy) is 1. The van der Waals surface area contributed by atoms with Gasteiger partial charge >= 0.3 is 0 Å². The molecule has 20 heavy (non-hydrogen) atoms. The molecule has 0 aliphatic heterocycles. The normalized spacial score (nSPS) is 10.2. The summed E-state index contributed by atoms with van der Waals surface area (Å²) < 4.78 is 5.08.